The standard InChI is InChI=1S/C26H30N4O3/c1-18-24(19(2)30(28-18)21-11-5-4-6-12-21)25(31)26(32)27-17-23(29-14-7-8-15-29)20-10-9-13-22(16-20)33-3/h4-6,9-13,16,23H,7-8,14-15,17H2,1-3H3,(H,27,32)/t23-/m0/s1. The number of Topliss-reactive ketones (excluding diaryl/α,β-unsaturated/α-hetero) is 1. The van der Waals surface area contributed by atoms with Crippen molar-refractivity contribution >= 4 is 11.7 Å². The maximum Gasteiger partial charge on any atom is 0.292 e. The van der Waals surface area contributed by atoms with Crippen LogP contribution in [0.4, 0.5) is 0 Å². The van der Waals surface area contributed by atoms with E-state index in [1.807, 2.05) is 61.5 Å². The third-order valence-corrected chi connectivity index (χ3v) is 6.24. The predicted octanol–water partition coefficient (Wildman–Crippen LogP) is 3.63. The summed E-state index contributed by atoms with van der Waals surface area (Å²) in [5.41, 5.74) is 3.47. The summed E-state index contributed by atoms with van der Waals surface area (Å²) < 4.78 is 7.09. The molecule has 1 N–H and O–H groups in total. The van der Waals surface area contributed by atoms with Crippen molar-refractivity contribution in [2.45, 2.75) is 32.7 Å². The van der Waals surface area contributed by atoms with Crippen molar-refractivity contribution in [3.8, 4) is 11.4 Å². The number of likely N-dealkylation sites (tertiary alicyclic amines) is 1. The van der Waals surface area contributed by atoms with Crippen molar-refractivity contribution in [3.05, 3.63) is 77.1 Å². The zero-order chi connectivity index (χ0) is 23.4. The van der Waals surface area contributed by atoms with Crippen LogP contribution in [0.5, 0.6) is 5.75 Å². The molecule has 0 saturated carbocycles. The number of carbonyl (C=O) groups excluding carboxylic acids is 2. The summed E-state index contributed by atoms with van der Waals surface area (Å²) >= 11 is 0. The highest BCUT2D eigenvalue weighted by Crippen LogP contribution is 2.27. The summed E-state index contributed by atoms with van der Waals surface area (Å²) in [6.45, 7) is 5.86. The molecule has 2 aromatic carbocycles. The summed E-state index contributed by atoms with van der Waals surface area (Å²) in [6.07, 6.45) is 2.26. The van der Waals surface area contributed by atoms with Gasteiger partial charge >= 0.3 is 0 Å². The minimum atomic E-state index is -0.610. The number of benzene rings is 2. The van der Waals surface area contributed by atoms with Gasteiger partial charge in [0.1, 0.15) is 5.75 Å². The Bertz CT molecular complexity index is 1130. The van der Waals surface area contributed by atoms with Crippen LogP contribution in [-0.2, 0) is 4.79 Å². The van der Waals surface area contributed by atoms with Crippen LogP contribution in [0.3, 0.4) is 0 Å². The molecule has 1 saturated heterocycles. The molecule has 1 amide bonds. The normalized spacial score (nSPS) is 14.8. The molecule has 7 heteroatoms. The highest BCUT2D eigenvalue weighted by molar-refractivity contribution is 6.43. The molecule has 1 aromatic heterocycles. The Labute approximate surface area is 194 Å². The molecule has 172 valence electrons. The van der Waals surface area contributed by atoms with Crippen LogP contribution in [-0.4, -0.2) is 53.1 Å². The molecule has 0 aliphatic carbocycles. The van der Waals surface area contributed by atoms with Gasteiger partial charge in [-0.05, 0) is 69.6 Å². The second-order valence-electron chi connectivity index (χ2n) is 8.37. The van der Waals surface area contributed by atoms with Crippen molar-refractivity contribution in [1.29, 1.82) is 0 Å². The smallest absolute Gasteiger partial charge is 0.292 e. The van der Waals surface area contributed by atoms with E-state index in [2.05, 4.69) is 15.3 Å². The fourth-order valence-electron chi connectivity index (χ4n) is 4.53. The van der Waals surface area contributed by atoms with E-state index in [1.165, 1.54) is 0 Å². The molecule has 0 bridgehead atoms. The molecule has 1 fully saturated rings. The first-order valence-electron chi connectivity index (χ1n) is 11.3. The van der Waals surface area contributed by atoms with Crippen LogP contribution in [0.1, 0.15) is 46.2 Å². The summed E-state index contributed by atoms with van der Waals surface area (Å²) in [5, 5.41) is 7.39. The monoisotopic (exact) mass is 446 g/mol. The van der Waals surface area contributed by atoms with Crippen molar-refractivity contribution < 1.29 is 14.3 Å². The van der Waals surface area contributed by atoms with E-state index in [9.17, 15) is 9.59 Å². The van der Waals surface area contributed by atoms with Gasteiger partial charge in [0, 0.05) is 6.54 Å². The van der Waals surface area contributed by atoms with Gasteiger partial charge < -0.3 is 10.1 Å². The molecule has 1 aliphatic rings. The van der Waals surface area contributed by atoms with Gasteiger partial charge in [0.2, 0.25) is 0 Å². The molecule has 4 rings (SSSR count). The highest BCUT2D eigenvalue weighted by atomic mass is 16.5. The molecule has 1 atom stereocenters. The average Bonchev–Trinajstić information content (AvgIpc) is 3.47. The molecule has 0 radical (unpaired) electrons. The fraction of sp³-hybridized carbons (Fsp3) is 0.346. The third kappa shape index (κ3) is 4.83. The van der Waals surface area contributed by atoms with Gasteiger partial charge in [-0.2, -0.15) is 5.10 Å². The minimum Gasteiger partial charge on any atom is -0.497 e. The van der Waals surface area contributed by atoms with Crippen LogP contribution in [0.2, 0.25) is 0 Å². The molecule has 7 nitrogen and oxygen atoms in total. The molecule has 33 heavy (non-hydrogen) atoms. The van der Waals surface area contributed by atoms with Gasteiger partial charge in [-0.15, -0.1) is 0 Å². The first kappa shape index (κ1) is 22.7. The Morgan fingerprint density at radius 1 is 1.06 bits per heavy atom. The summed E-state index contributed by atoms with van der Waals surface area (Å²) in [5.74, 6) is -0.391. The molecule has 3 aromatic rings. The number of para-hydroxylation sites is 1. The van der Waals surface area contributed by atoms with E-state index in [-0.39, 0.29) is 6.04 Å². The third-order valence-electron chi connectivity index (χ3n) is 6.24. The van der Waals surface area contributed by atoms with Crippen molar-refractivity contribution in [2.24, 2.45) is 0 Å². The maximum absolute atomic E-state index is 13.1. The molecular formula is C26H30N4O3. The molecule has 0 spiro atoms. The number of nitrogens with zero attached hydrogens (tertiary/aromatic N) is 3. The Morgan fingerprint density at radius 3 is 2.48 bits per heavy atom. The number of aromatic nitrogens is 2. The molecule has 1 aliphatic heterocycles. The number of ketones is 1. The zero-order valence-electron chi connectivity index (χ0n) is 19.4. The molecular weight excluding hydrogens is 416 g/mol. The van der Waals surface area contributed by atoms with Crippen LogP contribution in [0.25, 0.3) is 5.69 Å². The van der Waals surface area contributed by atoms with E-state index < -0.39 is 11.7 Å². The second kappa shape index (κ2) is 10.0. The first-order chi connectivity index (χ1) is 16.0. The van der Waals surface area contributed by atoms with Gasteiger partial charge in [-0.3, -0.25) is 14.5 Å². The zero-order valence-corrected chi connectivity index (χ0v) is 19.4. The highest BCUT2D eigenvalue weighted by Gasteiger charge is 2.28. The predicted molar refractivity (Wildman–Crippen MR) is 127 cm³/mol. The van der Waals surface area contributed by atoms with Gasteiger partial charge in [-0.1, -0.05) is 30.3 Å². The number of carbonyl (C=O) groups is 2. The maximum atomic E-state index is 13.1. The van der Waals surface area contributed by atoms with Gasteiger partial charge in [0.25, 0.3) is 11.7 Å². The molecule has 0 unspecified atom stereocenters. The number of amides is 1. The largest absolute Gasteiger partial charge is 0.497 e. The van der Waals surface area contributed by atoms with E-state index in [4.69, 9.17) is 4.74 Å². The number of methoxy groups -OCH3 is 1. The van der Waals surface area contributed by atoms with Gasteiger partial charge in [-0.25, -0.2) is 4.68 Å². The number of hydrogen-bond acceptors (Lipinski definition) is 5. The number of ether oxygens (including phenoxy) is 1. The summed E-state index contributed by atoms with van der Waals surface area (Å²) in [6, 6.07) is 17.5. The van der Waals surface area contributed by atoms with Crippen LogP contribution < -0.4 is 10.1 Å². The number of hydrogen-bond donors (Lipinski definition) is 1. The summed E-state index contributed by atoms with van der Waals surface area (Å²) in [4.78, 5) is 28.4. The number of rotatable bonds is 8. The van der Waals surface area contributed by atoms with E-state index in [0.717, 1.165) is 42.9 Å². The lowest BCUT2D eigenvalue weighted by molar-refractivity contribution is -0.117. The minimum absolute atomic E-state index is 0.0198. The molecule has 2 heterocycles. The Balaban J connectivity index is 1.52. The van der Waals surface area contributed by atoms with Gasteiger partial charge in [0.15, 0.2) is 0 Å². The SMILES string of the molecule is COc1cccc([C@H](CNC(=O)C(=O)c2c(C)nn(-c3ccccc3)c2C)N2CCCC2)c1. The van der Waals surface area contributed by atoms with E-state index in [0.29, 0.717) is 23.5 Å². The second-order valence-corrected chi connectivity index (χ2v) is 8.37. The topological polar surface area (TPSA) is 76.5 Å². The van der Waals surface area contributed by atoms with Crippen LogP contribution in [0.15, 0.2) is 54.6 Å². The van der Waals surface area contributed by atoms with Gasteiger partial charge in [0.05, 0.1) is 35.8 Å². The van der Waals surface area contributed by atoms with Crippen molar-refractivity contribution in [3.63, 3.8) is 0 Å². The lowest BCUT2D eigenvalue weighted by atomic mass is 10.0. The van der Waals surface area contributed by atoms with Crippen molar-refractivity contribution in [2.75, 3.05) is 26.7 Å². The van der Waals surface area contributed by atoms with Crippen molar-refractivity contribution in [1.82, 2.24) is 20.0 Å². The van der Waals surface area contributed by atoms with Crippen LogP contribution >= 0.6 is 0 Å². The Kier molecular flexibility index (Phi) is 6.89. The fourth-order valence-corrected chi connectivity index (χ4v) is 4.53. The summed E-state index contributed by atoms with van der Waals surface area (Å²) in [7, 11) is 1.64. The quantitative estimate of drug-likeness (QED) is 0.422. The lowest BCUT2D eigenvalue weighted by Gasteiger charge is -2.28. The lowest BCUT2D eigenvalue weighted by Crippen LogP contribution is -2.39. The average molecular weight is 447 g/mol. The Morgan fingerprint density at radius 2 is 1.79 bits per heavy atom. The van der Waals surface area contributed by atoms with E-state index in [1.54, 1.807) is 18.7 Å². The van der Waals surface area contributed by atoms with Crippen LogP contribution in [0, 0.1) is 13.8 Å². The number of nitrogens with one attached hydrogen (secondary N) is 1. The van der Waals surface area contributed by atoms with E-state index >= 15 is 0 Å². The first-order valence-corrected chi connectivity index (χ1v) is 11.3. The Hall–Kier alpha value is -3.45. The number of aryl methyl sites for hydroxylation is 1.